The predicted octanol–water partition coefficient (Wildman–Crippen LogP) is -0.737. The average molecular weight is 297 g/mol. The number of nitrogens with zero attached hydrogens (tertiary/aromatic N) is 4. The standard InChI is InChI=1S/C10H15N7O2S/c11-15-10-13-8-7(6-12-16-8)9(14-10)17-2-1-4-20(18,19)5-3-17/h6H,1-5,11H2,(H2,12,13,14,15,16). The van der Waals surface area contributed by atoms with Crippen molar-refractivity contribution in [2.24, 2.45) is 5.84 Å². The summed E-state index contributed by atoms with van der Waals surface area (Å²) in [5.74, 6) is 6.61. The van der Waals surface area contributed by atoms with Gasteiger partial charge in [-0.1, -0.05) is 0 Å². The molecule has 0 spiro atoms. The van der Waals surface area contributed by atoms with Gasteiger partial charge in [-0.05, 0) is 6.42 Å². The number of anilines is 2. The molecule has 10 heteroatoms. The molecule has 0 unspecified atom stereocenters. The van der Waals surface area contributed by atoms with E-state index in [4.69, 9.17) is 5.84 Å². The zero-order chi connectivity index (χ0) is 14.2. The van der Waals surface area contributed by atoms with Gasteiger partial charge in [-0.2, -0.15) is 15.1 Å². The Morgan fingerprint density at radius 2 is 2.15 bits per heavy atom. The van der Waals surface area contributed by atoms with E-state index < -0.39 is 9.84 Å². The zero-order valence-corrected chi connectivity index (χ0v) is 11.5. The molecule has 2 aromatic heterocycles. The van der Waals surface area contributed by atoms with Gasteiger partial charge in [0.05, 0.1) is 23.1 Å². The Morgan fingerprint density at radius 1 is 1.30 bits per heavy atom. The number of aromatic nitrogens is 4. The minimum absolute atomic E-state index is 0.127. The van der Waals surface area contributed by atoms with Gasteiger partial charge in [0.15, 0.2) is 15.5 Å². The van der Waals surface area contributed by atoms with Crippen LogP contribution in [-0.2, 0) is 9.84 Å². The van der Waals surface area contributed by atoms with Crippen molar-refractivity contribution in [3.63, 3.8) is 0 Å². The Labute approximate surface area is 115 Å². The second kappa shape index (κ2) is 4.87. The number of rotatable bonds is 2. The molecule has 4 N–H and O–H groups in total. The fraction of sp³-hybridized carbons (Fsp3) is 0.500. The van der Waals surface area contributed by atoms with E-state index in [0.717, 1.165) is 5.39 Å². The van der Waals surface area contributed by atoms with Crippen LogP contribution in [0.1, 0.15) is 6.42 Å². The molecule has 9 nitrogen and oxygen atoms in total. The van der Waals surface area contributed by atoms with Crippen molar-refractivity contribution in [3.05, 3.63) is 6.20 Å². The maximum absolute atomic E-state index is 11.7. The van der Waals surface area contributed by atoms with Crippen LogP contribution in [-0.4, -0.2) is 53.2 Å². The van der Waals surface area contributed by atoms with Crippen LogP contribution in [0.4, 0.5) is 11.8 Å². The van der Waals surface area contributed by atoms with Gasteiger partial charge in [-0.15, -0.1) is 0 Å². The summed E-state index contributed by atoms with van der Waals surface area (Å²) in [6.45, 7) is 1.03. The van der Waals surface area contributed by atoms with Crippen LogP contribution in [0.2, 0.25) is 0 Å². The molecule has 0 radical (unpaired) electrons. The number of hydrogen-bond acceptors (Lipinski definition) is 8. The molecular weight excluding hydrogens is 282 g/mol. The molecule has 1 aliphatic heterocycles. The number of fused-ring (bicyclic) bond motifs is 1. The Kier molecular flexibility index (Phi) is 3.18. The van der Waals surface area contributed by atoms with E-state index in [1.54, 1.807) is 6.20 Å². The van der Waals surface area contributed by atoms with Crippen LogP contribution in [0.3, 0.4) is 0 Å². The summed E-state index contributed by atoms with van der Waals surface area (Å²) in [6.07, 6.45) is 2.21. The Hall–Kier alpha value is -1.94. The van der Waals surface area contributed by atoms with Gasteiger partial charge in [-0.3, -0.25) is 10.5 Å². The van der Waals surface area contributed by atoms with E-state index >= 15 is 0 Å². The van der Waals surface area contributed by atoms with Crippen molar-refractivity contribution < 1.29 is 8.42 Å². The lowest BCUT2D eigenvalue weighted by Crippen LogP contribution is -2.28. The van der Waals surface area contributed by atoms with Crippen molar-refractivity contribution in [1.29, 1.82) is 0 Å². The zero-order valence-electron chi connectivity index (χ0n) is 10.7. The number of sulfone groups is 1. The summed E-state index contributed by atoms with van der Waals surface area (Å²) in [6, 6.07) is 0. The highest BCUT2D eigenvalue weighted by atomic mass is 32.2. The van der Waals surface area contributed by atoms with E-state index in [1.807, 2.05) is 4.90 Å². The number of hydrazine groups is 1. The molecule has 0 amide bonds. The fourth-order valence-electron chi connectivity index (χ4n) is 2.28. The van der Waals surface area contributed by atoms with Crippen molar-refractivity contribution in [3.8, 4) is 0 Å². The third-order valence-corrected chi connectivity index (χ3v) is 4.99. The van der Waals surface area contributed by atoms with Crippen molar-refractivity contribution in [2.45, 2.75) is 6.42 Å². The average Bonchev–Trinajstić information content (AvgIpc) is 2.82. The lowest BCUT2D eigenvalue weighted by Gasteiger charge is -2.21. The highest BCUT2D eigenvalue weighted by Gasteiger charge is 2.22. The van der Waals surface area contributed by atoms with Gasteiger partial charge in [-0.25, -0.2) is 14.3 Å². The molecule has 1 fully saturated rings. The summed E-state index contributed by atoms with van der Waals surface area (Å²) in [7, 11) is -2.96. The molecule has 0 atom stereocenters. The van der Waals surface area contributed by atoms with Gasteiger partial charge in [0, 0.05) is 13.1 Å². The molecule has 0 aliphatic carbocycles. The lowest BCUT2D eigenvalue weighted by molar-refractivity contribution is 0.597. The molecule has 2 aromatic rings. The highest BCUT2D eigenvalue weighted by Crippen LogP contribution is 2.24. The lowest BCUT2D eigenvalue weighted by atomic mass is 10.3. The Bertz CT molecular complexity index is 726. The predicted molar refractivity (Wildman–Crippen MR) is 75.0 cm³/mol. The van der Waals surface area contributed by atoms with Gasteiger partial charge < -0.3 is 4.90 Å². The van der Waals surface area contributed by atoms with Crippen molar-refractivity contribution in [1.82, 2.24) is 20.2 Å². The van der Waals surface area contributed by atoms with Gasteiger partial charge in [0.1, 0.15) is 5.82 Å². The van der Waals surface area contributed by atoms with E-state index in [1.165, 1.54) is 0 Å². The molecule has 0 bridgehead atoms. The summed E-state index contributed by atoms with van der Waals surface area (Å²) < 4.78 is 23.3. The van der Waals surface area contributed by atoms with Crippen LogP contribution in [0, 0.1) is 0 Å². The van der Waals surface area contributed by atoms with E-state index in [9.17, 15) is 8.42 Å². The number of nitrogens with two attached hydrogens (primary N) is 1. The van der Waals surface area contributed by atoms with E-state index in [0.29, 0.717) is 31.0 Å². The van der Waals surface area contributed by atoms with Crippen LogP contribution in [0.15, 0.2) is 6.20 Å². The van der Waals surface area contributed by atoms with Crippen molar-refractivity contribution >= 4 is 32.6 Å². The normalized spacial score (nSPS) is 18.9. The summed E-state index contributed by atoms with van der Waals surface area (Å²) >= 11 is 0. The van der Waals surface area contributed by atoms with E-state index in [-0.39, 0.29) is 17.5 Å². The molecule has 1 saturated heterocycles. The summed E-state index contributed by atoms with van der Waals surface area (Å²) in [5.41, 5.74) is 2.97. The smallest absolute Gasteiger partial charge is 0.241 e. The number of H-pyrrole nitrogens is 1. The molecule has 20 heavy (non-hydrogen) atoms. The maximum Gasteiger partial charge on any atom is 0.241 e. The molecule has 0 aromatic carbocycles. The third kappa shape index (κ3) is 2.39. The first-order valence-electron chi connectivity index (χ1n) is 6.22. The number of nitrogens with one attached hydrogen (secondary N) is 2. The topological polar surface area (TPSA) is 130 Å². The van der Waals surface area contributed by atoms with Crippen LogP contribution >= 0.6 is 0 Å². The minimum Gasteiger partial charge on any atom is -0.355 e. The quantitative estimate of drug-likeness (QED) is 0.488. The summed E-state index contributed by atoms with van der Waals surface area (Å²) in [4.78, 5) is 10.4. The Balaban J connectivity index is 2.02. The van der Waals surface area contributed by atoms with Crippen LogP contribution < -0.4 is 16.2 Å². The number of aromatic amines is 1. The molecule has 3 heterocycles. The second-order valence-corrected chi connectivity index (χ2v) is 6.94. The molecular formula is C10H15N7O2S. The largest absolute Gasteiger partial charge is 0.355 e. The number of hydrogen-bond donors (Lipinski definition) is 3. The monoisotopic (exact) mass is 297 g/mol. The highest BCUT2D eigenvalue weighted by molar-refractivity contribution is 7.91. The Morgan fingerprint density at radius 3 is 2.95 bits per heavy atom. The molecule has 3 rings (SSSR count). The SMILES string of the molecule is NNc1nc(N2CCCS(=O)(=O)CC2)c2cn[nH]c2n1. The first kappa shape index (κ1) is 13.1. The van der Waals surface area contributed by atoms with Crippen LogP contribution in [0.25, 0.3) is 11.0 Å². The molecule has 1 aliphatic rings. The molecule has 108 valence electrons. The van der Waals surface area contributed by atoms with Gasteiger partial charge in [0.2, 0.25) is 5.95 Å². The molecule has 0 saturated carbocycles. The first-order chi connectivity index (χ1) is 9.59. The van der Waals surface area contributed by atoms with Crippen molar-refractivity contribution in [2.75, 3.05) is 34.9 Å². The van der Waals surface area contributed by atoms with Gasteiger partial charge in [0.25, 0.3) is 0 Å². The number of nitrogen functional groups attached to an aromatic ring is 1. The third-order valence-electron chi connectivity index (χ3n) is 3.27. The second-order valence-electron chi connectivity index (χ2n) is 4.64. The first-order valence-corrected chi connectivity index (χ1v) is 8.04. The van der Waals surface area contributed by atoms with E-state index in [2.05, 4.69) is 25.6 Å². The van der Waals surface area contributed by atoms with Crippen LogP contribution in [0.5, 0.6) is 0 Å². The maximum atomic E-state index is 11.7. The summed E-state index contributed by atoms with van der Waals surface area (Å²) in [5, 5.41) is 7.46. The minimum atomic E-state index is -2.96. The fourth-order valence-corrected chi connectivity index (χ4v) is 3.55. The van der Waals surface area contributed by atoms with Gasteiger partial charge >= 0.3 is 0 Å².